The van der Waals surface area contributed by atoms with Crippen molar-refractivity contribution >= 4 is 18.3 Å². The predicted octanol–water partition coefficient (Wildman–Crippen LogP) is 2.62. The number of carbonyl (C=O) groups excluding carboxylic acids is 1. The molecule has 0 spiro atoms. The summed E-state index contributed by atoms with van der Waals surface area (Å²) >= 11 is 0. The second-order valence-electron chi connectivity index (χ2n) is 5.12. The number of rotatable bonds is 8. The highest BCUT2D eigenvalue weighted by molar-refractivity contribution is 5.85. The molecule has 3 nitrogen and oxygen atoms in total. The Bertz CT molecular complexity index is 418. The van der Waals surface area contributed by atoms with Gasteiger partial charge in [-0.05, 0) is 30.9 Å². The van der Waals surface area contributed by atoms with Gasteiger partial charge in [0.15, 0.2) is 0 Å². The van der Waals surface area contributed by atoms with Gasteiger partial charge in [-0.25, -0.2) is 0 Å². The van der Waals surface area contributed by atoms with E-state index < -0.39 is 0 Å². The molecule has 1 amide bonds. The van der Waals surface area contributed by atoms with Crippen molar-refractivity contribution in [2.24, 2.45) is 5.92 Å². The van der Waals surface area contributed by atoms with E-state index in [0.717, 1.165) is 18.0 Å². The van der Waals surface area contributed by atoms with Crippen LogP contribution >= 0.6 is 12.4 Å². The molecule has 0 radical (unpaired) electrons. The highest BCUT2D eigenvalue weighted by Gasteiger charge is 2.21. The molecule has 2 rings (SSSR count). The molecule has 110 valence electrons. The zero-order valence-electron chi connectivity index (χ0n) is 11.8. The van der Waals surface area contributed by atoms with Crippen molar-refractivity contribution in [3.05, 3.63) is 48.6 Å². The molecule has 1 aliphatic rings. The van der Waals surface area contributed by atoms with Crippen LogP contribution in [0.1, 0.15) is 18.4 Å². The van der Waals surface area contributed by atoms with E-state index in [0.29, 0.717) is 19.6 Å². The number of hydrogen-bond donors (Lipinski definition) is 1. The summed E-state index contributed by atoms with van der Waals surface area (Å²) in [7, 11) is 0. The summed E-state index contributed by atoms with van der Waals surface area (Å²) in [5.74, 6) is 0.944. The van der Waals surface area contributed by atoms with Crippen molar-refractivity contribution in [2.75, 3.05) is 19.6 Å². The van der Waals surface area contributed by atoms with E-state index in [1.807, 2.05) is 35.2 Å². The fourth-order valence-electron chi connectivity index (χ4n) is 2.03. The van der Waals surface area contributed by atoms with Gasteiger partial charge in [0, 0.05) is 13.1 Å². The molecule has 0 aromatic heterocycles. The number of hydrogen-bond acceptors (Lipinski definition) is 2. The lowest BCUT2D eigenvalue weighted by molar-refractivity contribution is -0.130. The largest absolute Gasteiger partial charge is 0.334 e. The van der Waals surface area contributed by atoms with Crippen molar-refractivity contribution in [3.8, 4) is 0 Å². The molecule has 1 fully saturated rings. The van der Waals surface area contributed by atoms with Gasteiger partial charge >= 0.3 is 0 Å². The molecular weight excluding hydrogens is 272 g/mol. The van der Waals surface area contributed by atoms with Gasteiger partial charge in [0.1, 0.15) is 0 Å². The number of halogens is 1. The molecule has 0 heterocycles. The number of benzene rings is 1. The zero-order valence-corrected chi connectivity index (χ0v) is 12.6. The van der Waals surface area contributed by atoms with E-state index in [4.69, 9.17) is 0 Å². The summed E-state index contributed by atoms with van der Waals surface area (Å²) in [6.45, 7) is 6.37. The Balaban J connectivity index is 0.00000200. The maximum absolute atomic E-state index is 12.2. The van der Waals surface area contributed by atoms with Crippen LogP contribution in [-0.4, -0.2) is 30.4 Å². The van der Waals surface area contributed by atoms with Crippen LogP contribution in [0.3, 0.4) is 0 Å². The maximum Gasteiger partial charge on any atom is 0.237 e. The lowest BCUT2D eigenvalue weighted by Crippen LogP contribution is -2.38. The van der Waals surface area contributed by atoms with Crippen molar-refractivity contribution in [2.45, 2.75) is 19.4 Å². The van der Waals surface area contributed by atoms with Crippen molar-refractivity contribution in [3.63, 3.8) is 0 Å². The maximum atomic E-state index is 12.2. The molecule has 1 saturated carbocycles. The van der Waals surface area contributed by atoms with Gasteiger partial charge in [0.25, 0.3) is 0 Å². The van der Waals surface area contributed by atoms with E-state index >= 15 is 0 Å². The summed E-state index contributed by atoms with van der Waals surface area (Å²) < 4.78 is 0. The zero-order chi connectivity index (χ0) is 13.5. The summed E-state index contributed by atoms with van der Waals surface area (Å²) in [6.07, 6.45) is 4.39. The van der Waals surface area contributed by atoms with Gasteiger partial charge in [-0.1, -0.05) is 36.4 Å². The monoisotopic (exact) mass is 294 g/mol. The van der Waals surface area contributed by atoms with Gasteiger partial charge in [-0.15, -0.1) is 19.0 Å². The van der Waals surface area contributed by atoms with E-state index in [2.05, 4.69) is 11.9 Å². The van der Waals surface area contributed by atoms with E-state index in [9.17, 15) is 4.79 Å². The Morgan fingerprint density at radius 1 is 1.35 bits per heavy atom. The first kappa shape index (κ1) is 16.7. The first-order valence-electron chi connectivity index (χ1n) is 6.93. The summed E-state index contributed by atoms with van der Waals surface area (Å²) in [4.78, 5) is 14.0. The van der Waals surface area contributed by atoms with E-state index in [1.165, 1.54) is 12.8 Å². The molecule has 0 bridgehead atoms. The molecule has 0 aliphatic heterocycles. The fourth-order valence-corrected chi connectivity index (χ4v) is 2.03. The third kappa shape index (κ3) is 5.76. The van der Waals surface area contributed by atoms with Crippen molar-refractivity contribution < 1.29 is 4.79 Å². The standard InChI is InChI=1S/C16H22N2O.ClH/c1-2-10-18(13-15-6-4-3-5-7-15)16(19)12-17-11-14-8-9-14;/h2-7,14,17H,1,8-13H2;1H. The SMILES string of the molecule is C=CCN(Cc1ccccc1)C(=O)CNCC1CC1.Cl. The quantitative estimate of drug-likeness (QED) is 0.748. The van der Waals surface area contributed by atoms with Crippen molar-refractivity contribution in [1.29, 1.82) is 0 Å². The molecule has 1 aliphatic carbocycles. The Morgan fingerprint density at radius 3 is 2.65 bits per heavy atom. The smallest absolute Gasteiger partial charge is 0.237 e. The minimum atomic E-state index is 0. The van der Waals surface area contributed by atoms with Crippen LogP contribution < -0.4 is 5.32 Å². The fraction of sp³-hybridized carbons (Fsp3) is 0.438. The lowest BCUT2D eigenvalue weighted by Gasteiger charge is -2.21. The molecule has 1 aromatic rings. The molecular formula is C16H23ClN2O. The Hall–Kier alpha value is -1.32. The first-order valence-corrected chi connectivity index (χ1v) is 6.93. The third-order valence-corrected chi connectivity index (χ3v) is 3.32. The number of carbonyl (C=O) groups is 1. The number of amides is 1. The van der Waals surface area contributed by atoms with Gasteiger partial charge in [0.2, 0.25) is 5.91 Å². The number of nitrogens with zero attached hydrogens (tertiary/aromatic N) is 1. The topological polar surface area (TPSA) is 32.3 Å². The van der Waals surface area contributed by atoms with Crippen LogP contribution in [-0.2, 0) is 11.3 Å². The van der Waals surface area contributed by atoms with Gasteiger partial charge in [0.05, 0.1) is 6.54 Å². The van der Waals surface area contributed by atoms with Crippen LogP contribution in [0.4, 0.5) is 0 Å². The summed E-state index contributed by atoms with van der Waals surface area (Å²) in [6, 6.07) is 10.1. The van der Waals surface area contributed by atoms with Gasteiger partial charge in [-0.2, -0.15) is 0 Å². The Labute approximate surface area is 127 Å². The molecule has 0 unspecified atom stereocenters. The minimum Gasteiger partial charge on any atom is -0.334 e. The van der Waals surface area contributed by atoms with Crippen LogP contribution in [0, 0.1) is 5.92 Å². The van der Waals surface area contributed by atoms with Gasteiger partial charge in [-0.3, -0.25) is 4.79 Å². The normalized spacial score (nSPS) is 13.4. The van der Waals surface area contributed by atoms with Crippen molar-refractivity contribution in [1.82, 2.24) is 10.2 Å². The average molecular weight is 295 g/mol. The number of nitrogens with one attached hydrogen (secondary N) is 1. The highest BCUT2D eigenvalue weighted by Crippen LogP contribution is 2.27. The van der Waals surface area contributed by atoms with Crippen LogP contribution in [0.5, 0.6) is 0 Å². The van der Waals surface area contributed by atoms with Crippen LogP contribution in [0.15, 0.2) is 43.0 Å². The molecule has 4 heteroatoms. The summed E-state index contributed by atoms with van der Waals surface area (Å²) in [5.41, 5.74) is 1.15. The highest BCUT2D eigenvalue weighted by atomic mass is 35.5. The molecule has 0 saturated heterocycles. The molecule has 0 atom stereocenters. The second kappa shape index (κ2) is 8.77. The van der Waals surface area contributed by atoms with Gasteiger partial charge < -0.3 is 10.2 Å². The first-order chi connectivity index (χ1) is 9.29. The van der Waals surface area contributed by atoms with E-state index in [1.54, 1.807) is 6.08 Å². The van der Waals surface area contributed by atoms with E-state index in [-0.39, 0.29) is 18.3 Å². The van der Waals surface area contributed by atoms with Crippen LogP contribution in [0.2, 0.25) is 0 Å². The molecule has 1 aromatic carbocycles. The molecule has 20 heavy (non-hydrogen) atoms. The van der Waals surface area contributed by atoms with Crippen LogP contribution in [0.25, 0.3) is 0 Å². The predicted molar refractivity (Wildman–Crippen MR) is 84.9 cm³/mol. The Kier molecular flexibility index (Phi) is 7.34. The second-order valence-corrected chi connectivity index (χ2v) is 5.12. The Morgan fingerprint density at radius 2 is 2.05 bits per heavy atom. The average Bonchev–Trinajstić information content (AvgIpc) is 3.23. The minimum absolute atomic E-state index is 0. The third-order valence-electron chi connectivity index (χ3n) is 3.32. The summed E-state index contributed by atoms with van der Waals surface area (Å²) in [5, 5.41) is 3.25. The molecule has 1 N–H and O–H groups in total. The lowest BCUT2D eigenvalue weighted by atomic mass is 10.2.